The van der Waals surface area contributed by atoms with E-state index in [1.165, 1.54) is 5.56 Å². The summed E-state index contributed by atoms with van der Waals surface area (Å²) in [4.78, 5) is 4.19. The first-order valence-corrected chi connectivity index (χ1v) is 5.10. The number of pyridine rings is 1. The van der Waals surface area contributed by atoms with Crippen molar-refractivity contribution in [3.63, 3.8) is 0 Å². The van der Waals surface area contributed by atoms with Crippen molar-refractivity contribution in [3.05, 3.63) is 34.4 Å². The van der Waals surface area contributed by atoms with Gasteiger partial charge in [0.05, 0.1) is 7.11 Å². The molecule has 72 valence electrons. The Hall–Kier alpha value is -1.09. The summed E-state index contributed by atoms with van der Waals surface area (Å²) in [7, 11) is 1.63. The number of fused-ring (bicyclic) bond motifs is 1. The van der Waals surface area contributed by atoms with E-state index in [9.17, 15) is 0 Å². The summed E-state index contributed by atoms with van der Waals surface area (Å²) < 4.78 is 6.19. The van der Waals surface area contributed by atoms with Crippen LogP contribution in [0.15, 0.2) is 28.9 Å². The van der Waals surface area contributed by atoms with E-state index in [4.69, 9.17) is 4.74 Å². The molecule has 0 aliphatic rings. The van der Waals surface area contributed by atoms with Gasteiger partial charge in [-0.1, -0.05) is 17.7 Å². The Bertz CT molecular complexity index is 482. The van der Waals surface area contributed by atoms with Gasteiger partial charge in [-0.05, 0) is 28.9 Å². The molecule has 0 spiro atoms. The Balaban J connectivity index is 2.84. The molecule has 0 bridgehead atoms. The predicted molar refractivity (Wildman–Crippen MR) is 60.7 cm³/mol. The molecule has 0 radical (unpaired) electrons. The summed E-state index contributed by atoms with van der Waals surface area (Å²) in [6.45, 7) is 2.07. The molecule has 1 aromatic heterocycles. The normalized spacial score (nSPS) is 10.5. The molecular weight excluding hydrogens is 242 g/mol. The number of nitrogens with zero attached hydrogens (tertiary/aromatic N) is 1. The van der Waals surface area contributed by atoms with Crippen LogP contribution in [0, 0.1) is 6.92 Å². The van der Waals surface area contributed by atoms with Crippen LogP contribution in [0.4, 0.5) is 0 Å². The number of hydrogen-bond acceptors (Lipinski definition) is 2. The van der Waals surface area contributed by atoms with Gasteiger partial charge in [-0.25, -0.2) is 4.98 Å². The monoisotopic (exact) mass is 251 g/mol. The van der Waals surface area contributed by atoms with Crippen molar-refractivity contribution in [3.8, 4) is 5.88 Å². The fourth-order valence-corrected chi connectivity index (χ4v) is 1.89. The largest absolute Gasteiger partial charge is 0.481 e. The number of rotatable bonds is 1. The zero-order valence-corrected chi connectivity index (χ0v) is 9.63. The second-order valence-electron chi connectivity index (χ2n) is 3.16. The standard InChI is InChI=1S/C11H10BrNO/c1-7-3-4-8-9(5-7)10(12)6-13-11(8)14-2/h3-6H,1-2H3. The lowest BCUT2D eigenvalue weighted by Crippen LogP contribution is -1.89. The van der Waals surface area contributed by atoms with Crippen molar-refractivity contribution in [2.75, 3.05) is 7.11 Å². The number of ether oxygens (including phenoxy) is 1. The molecule has 0 saturated carbocycles. The molecule has 0 unspecified atom stereocenters. The summed E-state index contributed by atoms with van der Waals surface area (Å²) in [5.41, 5.74) is 1.23. The summed E-state index contributed by atoms with van der Waals surface area (Å²) in [5.74, 6) is 0.670. The topological polar surface area (TPSA) is 22.1 Å². The number of benzene rings is 1. The van der Waals surface area contributed by atoms with Crippen LogP contribution in [-0.2, 0) is 0 Å². The third-order valence-corrected chi connectivity index (χ3v) is 2.78. The van der Waals surface area contributed by atoms with Crippen LogP contribution in [0.2, 0.25) is 0 Å². The molecule has 0 amide bonds. The van der Waals surface area contributed by atoms with Gasteiger partial charge >= 0.3 is 0 Å². The van der Waals surface area contributed by atoms with Crippen molar-refractivity contribution in [1.82, 2.24) is 4.98 Å². The molecule has 0 fully saturated rings. The Morgan fingerprint density at radius 1 is 1.29 bits per heavy atom. The second kappa shape index (κ2) is 3.58. The van der Waals surface area contributed by atoms with Crippen molar-refractivity contribution >= 4 is 26.7 Å². The van der Waals surface area contributed by atoms with Gasteiger partial charge in [0, 0.05) is 21.4 Å². The molecule has 0 atom stereocenters. The predicted octanol–water partition coefficient (Wildman–Crippen LogP) is 3.31. The zero-order valence-electron chi connectivity index (χ0n) is 8.04. The van der Waals surface area contributed by atoms with Gasteiger partial charge in [-0.2, -0.15) is 0 Å². The quantitative estimate of drug-likeness (QED) is 0.776. The zero-order chi connectivity index (χ0) is 10.1. The maximum absolute atomic E-state index is 5.19. The van der Waals surface area contributed by atoms with Gasteiger partial charge in [0.15, 0.2) is 0 Å². The molecule has 2 nitrogen and oxygen atoms in total. The van der Waals surface area contributed by atoms with Crippen LogP contribution in [-0.4, -0.2) is 12.1 Å². The van der Waals surface area contributed by atoms with Crippen LogP contribution in [0.3, 0.4) is 0 Å². The van der Waals surface area contributed by atoms with Gasteiger partial charge in [0.2, 0.25) is 5.88 Å². The first-order chi connectivity index (χ1) is 6.72. The van der Waals surface area contributed by atoms with E-state index >= 15 is 0 Å². The summed E-state index contributed by atoms with van der Waals surface area (Å²) in [6, 6.07) is 6.20. The lowest BCUT2D eigenvalue weighted by Gasteiger charge is -2.06. The summed E-state index contributed by atoms with van der Waals surface area (Å²) >= 11 is 3.48. The third kappa shape index (κ3) is 1.48. The minimum Gasteiger partial charge on any atom is -0.481 e. The van der Waals surface area contributed by atoms with E-state index in [1.54, 1.807) is 13.3 Å². The van der Waals surface area contributed by atoms with Gasteiger partial charge < -0.3 is 4.74 Å². The lowest BCUT2D eigenvalue weighted by molar-refractivity contribution is 0.403. The number of methoxy groups -OCH3 is 1. The van der Waals surface area contributed by atoms with Crippen LogP contribution in [0.1, 0.15) is 5.56 Å². The van der Waals surface area contributed by atoms with Crippen LogP contribution < -0.4 is 4.74 Å². The van der Waals surface area contributed by atoms with Crippen LogP contribution in [0.25, 0.3) is 10.8 Å². The van der Waals surface area contributed by atoms with Gasteiger partial charge in [-0.15, -0.1) is 0 Å². The highest BCUT2D eigenvalue weighted by Crippen LogP contribution is 2.29. The van der Waals surface area contributed by atoms with Crippen molar-refractivity contribution in [2.45, 2.75) is 6.92 Å². The van der Waals surface area contributed by atoms with Crippen molar-refractivity contribution < 1.29 is 4.74 Å². The molecule has 1 heterocycles. The maximum atomic E-state index is 5.19. The number of aryl methyl sites for hydroxylation is 1. The molecule has 1 aromatic carbocycles. The van der Waals surface area contributed by atoms with Gasteiger partial charge in [-0.3, -0.25) is 0 Å². The minimum absolute atomic E-state index is 0.670. The van der Waals surface area contributed by atoms with Crippen molar-refractivity contribution in [2.24, 2.45) is 0 Å². The van der Waals surface area contributed by atoms with Crippen molar-refractivity contribution in [1.29, 1.82) is 0 Å². The third-order valence-electron chi connectivity index (χ3n) is 2.15. The average Bonchev–Trinajstić information content (AvgIpc) is 2.19. The fraction of sp³-hybridized carbons (Fsp3) is 0.182. The van der Waals surface area contributed by atoms with Gasteiger partial charge in [0.25, 0.3) is 0 Å². The Labute approximate surface area is 91.0 Å². The molecule has 0 aliphatic carbocycles. The van der Waals surface area contributed by atoms with Gasteiger partial charge in [0.1, 0.15) is 0 Å². The maximum Gasteiger partial charge on any atom is 0.221 e. The van der Waals surface area contributed by atoms with E-state index in [1.807, 2.05) is 6.07 Å². The molecule has 14 heavy (non-hydrogen) atoms. The average molecular weight is 252 g/mol. The number of hydrogen-bond donors (Lipinski definition) is 0. The first kappa shape index (κ1) is 9.46. The van der Waals surface area contributed by atoms with E-state index in [-0.39, 0.29) is 0 Å². The smallest absolute Gasteiger partial charge is 0.221 e. The first-order valence-electron chi connectivity index (χ1n) is 4.31. The lowest BCUT2D eigenvalue weighted by atomic mass is 10.1. The fourth-order valence-electron chi connectivity index (χ4n) is 1.46. The highest BCUT2D eigenvalue weighted by Gasteiger charge is 2.05. The Kier molecular flexibility index (Phi) is 2.42. The van der Waals surface area contributed by atoms with E-state index < -0.39 is 0 Å². The molecule has 2 aromatic rings. The number of aromatic nitrogens is 1. The molecule has 0 N–H and O–H groups in total. The van der Waals surface area contributed by atoms with Crippen LogP contribution >= 0.6 is 15.9 Å². The molecular formula is C11H10BrNO. The molecule has 3 heteroatoms. The SMILES string of the molecule is COc1ncc(Br)c2cc(C)ccc12. The Morgan fingerprint density at radius 2 is 2.07 bits per heavy atom. The molecule has 2 rings (SSSR count). The second-order valence-corrected chi connectivity index (χ2v) is 4.02. The highest BCUT2D eigenvalue weighted by molar-refractivity contribution is 9.10. The molecule has 0 aliphatic heterocycles. The summed E-state index contributed by atoms with van der Waals surface area (Å²) in [5, 5.41) is 2.17. The molecule has 0 saturated heterocycles. The summed E-state index contributed by atoms with van der Waals surface area (Å²) in [6.07, 6.45) is 1.76. The minimum atomic E-state index is 0.670. The highest BCUT2D eigenvalue weighted by atomic mass is 79.9. The Morgan fingerprint density at radius 3 is 2.79 bits per heavy atom. The van der Waals surface area contributed by atoms with E-state index in [0.29, 0.717) is 5.88 Å². The van der Waals surface area contributed by atoms with E-state index in [2.05, 4.69) is 40.0 Å². The van der Waals surface area contributed by atoms with E-state index in [0.717, 1.165) is 15.2 Å². The van der Waals surface area contributed by atoms with Crippen LogP contribution in [0.5, 0.6) is 5.88 Å². The number of halogens is 1.